The third-order valence-corrected chi connectivity index (χ3v) is 11.0. The van der Waals surface area contributed by atoms with Gasteiger partial charge in [-0.05, 0) is 107 Å². The summed E-state index contributed by atoms with van der Waals surface area (Å²) in [7, 11) is 10.0. The SMILES string of the molecule is CCc1cc(Cc2cc(CC)c(N(C)CC(COc3ccc(C(C)(C)c4ccc(OCC(CC)OC)cc4)cc3)OC)c(CC)c2)cc(CC)c1N(C)C. The van der Waals surface area contributed by atoms with E-state index >= 15 is 0 Å². The van der Waals surface area contributed by atoms with E-state index in [1.165, 1.54) is 55.9 Å². The molecule has 0 aliphatic carbocycles. The van der Waals surface area contributed by atoms with Crippen molar-refractivity contribution in [1.29, 1.82) is 0 Å². The lowest BCUT2D eigenvalue weighted by molar-refractivity contribution is 0.0556. The molecule has 54 heavy (non-hydrogen) atoms. The van der Waals surface area contributed by atoms with Crippen LogP contribution in [0.25, 0.3) is 0 Å². The molecule has 0 spiro atoms. The molecule has 0 bridgehead atoms. The van der Waals surface area contributed by atoms with Crippen LogP contribution in [0, 0.1) is 0 Å². The molecule has 0 aliphatic heterocycles. The largest absolute Gasteiger partial charge is 0.491 e. The van der Waals surface area contributed by atoms with Crippen molar-refractivity contribution in [1.82, 2.24) is 0 Å². The number of ether oxygens (including phenoxy) is 4. The van der Waals surface area contributed by atoms with Gasteiger partial charge in [0.2, 0.25) is 0 Å². The second-order valence-corrected chi connectivity index (χ2v) is 15.3. The van der Waals surface area contributed by atoms with E-state index in [1.54, 1.807) is 14.2 Å². The van der Waals surface area contributed by atoms with Gasteiger partial charge >= 0.3 is 0 Å². The second-order valence-electron chi connectivity index (χ2n) is 15.3. The highest BCUT2D eigenvalue weighted by atomic mass is 16.5. The highest BCUT2D eigenvalue weighted by Crippen LogP contribution is 2.35. The Morgan fingerprint density at radius 1 is 0.556 bits per heavy atom. The van der Waals surface area contributed by atoms with Crippen molar-refractivity contribution in [3.05, 3.63) is 117 Å². The lowest BCUT2D eigenvalue weighted by Crippen LogP contribution is -2.35. The Balaban J connectivity index is 1.42. The number of nitrogens with zero attached hydrogens (tertiary/aromatic N) is 2. The van der Waals surface area contributed by atoms with Crippen molar-refractivity contribution in [3.8, 4) is 11.5 Å². The van der Waals surface area contributed by atoms with Crippen LogP contribution in [0.15, 0.2) is 72.8 Å². The number of likely N-dealkylation sites (N-methyl/N-ethyl adjacent to an activating group) is 1. The Morgan fingerprint density at radius 2 is 0.944 bits per heavy atom. The molecule has 0 heterocycles. The molecule has 6 nitrogen and oxygen atoms in total. The van der Waals surface area contributed by atoms with Crippen LogP contribution in [-0.2, 0) is 47.0 Å². The Labute approximate surface area is 327 Å². The van der Waals surface area contributed by atoms with E-state index in [1.807, 2.05) is 0 Å². The summed E-state index contributed by atoms with van der Waals surface area (Å²) in [5.74, 6) is 1.70. The fourth-order valence-electron chi connectivity index (χ4n) is 7.67. The van der Waals surface area contributed by atoms with Gasteiger partial charge in [0.25, 0.3) is 0 Å². The zero-order valence-electron chi connectivity index (χ0n) is 35.5. The summed E-state index contributed by atoms with van der Waals surface area (Å²) in [6.07, 6.45) is 5.90. The zero-order valence-corrected chi connectivity index (χ0v) is 35.5. The predicted molar refractivity (Wildman–Crippen MR) is 229 cm³/mol. The van der Waals surface area contributed by atoms with Gasteiger partial charge in [-0.1, -0.05) is 97.0 Å². The molecule has 2 atom stereocenters. The molecule has 0 saturated heterocycles. The number of benzene rings is 4. The summed E-state index contributed by atoms with van der Waals surface area (Å²) in [4.78, 5) is 4.65. The van der Waals surface area contributed by atoms with Gasteiger partial charge in [0.15, 0.2) is 0 Å². The molecule has 0 N–H and O–H groups in total. The predicted octanol–water partition coefficient (Wildman–Crippen LogP) is 10.3. The van der Waals surface area contributed by atoms with Crippen molar-refractivity contribution in [2.45, 2.75) is 105 Å². The monoisotopic (exact) mass is 737 g/mol. The third-order valence-electron chi connectivity index (χ3n) is 11.0. The topological polar surface area (TPSA) is 43.4 Å². The van der Waals surface area contributed by atoms with E-state index in [-0.39, 0.29) is 17.6 Å². The number of anilines is 2. The van der Waals surface area contributed by atoms with Gasteiger partial charge in [-0.2, -0.15) is 0 Å². The number of methoxy groups -OCH3 is 2. The molecule has 4 aromatic carbocycles. The Hall–Kier alpha value is -4.00. The summed E-state index contributed by atoms with van der Waals surface area (Å²) >= 11 is 0. The molecule has 4 aromatic rings. The third kappa shape index (κ3) is 10.6. The van der Waals surface area contributed by atoms with Crippen LogP contribution < -0.4 is 19.3 Å². The number of hydrogen-bond acceptors (Lipinski definition) is 6. The first-order valence-corrected chi connectivity index (χ1v) is 20.1. The fraction of sp³-hybridized carbons (Fsp3) is 0.500. The van der Waals surface area contributed by atoms with Crippen LogP contribution in [0.2, 0.25) is 0 Å². The second kappa shape index (κ2) is 20.1. The average molecular weight is 737 g/mol. The molecule has 0 radical (unpaired) electrons. The molecule has 0 amide bonds. The van der Waals surface area contributed by atoms with Gasteiger partial charge < -0.3 is 28.7 Å². The van der Waals surface area contributed by atoms with E-state index in [0.29, 0.717) is 13.2 Å². The van der Waals surface area contributed by atoms with Gasteiger partial charge in [0.1, 0.15) is 30.8 Å². The minimum absolute atomic E-state index is 0.0902. The lowest BCUT2D eigenvalue weighted by Gasteiger charge is -2.30. The van der Waals surface area contributed by atoms with Gasteiger partial charge in [0.05, 0.1) is 6.10 Å². The molecular formula is C48H68N2O4. The van der Waals surface area contributed by atoms with Crippen molar-refractivity contribution < 1.29 is 18.9 Å². The minimum Gasteiger partial charge on any atom is -0.491 e. The quantitative estimate of drug-likeness (QED) is 0.0849. The first kappa shape index (κ1) is 42.7. The standard InChI is InChI=1S/C48H68N2O4/c1-13-36-27-34(28-37(14-2)46(36)49(8)9)26-35-29-38(15-3)47(39(16-4)30-35)50(10)31-45(52-12)33-54-44-24-20-41(21-25-44)48(6,7)40-18-22-43(23-19-40)53-32-42(17-5)51-11/h18-25,27-30,42,45H,13-17,26,31-33H2,1-12H3. The van der Waals surface area contributed by atoms with Crippen LogP contribution in [0.3, 0.4) is 0 Å². The van der Waals surface area contributed by atoms with Crippen LogP contribution in [0.5, 0.6) is 11.5 Å². The van der Waals surface area contributed by atoms with Crippen molar-refractivity contribution in [2.75, 3.05) is 64.9 Å². The molecule has 0 aromatic heterocycles. The highest BCUT2D eigenvalue weighted by molar-refractivity contribution is 5.63. The van der Waals surface area contributed by atoms with Crippen molar-refractivity contribution in [2.24, 2.45) is 0 Å². The maximum Gasteiger partial charge on any atom is 0.119 e. The molecule has 4 rings (SSSR count). The van der Waals surface area contributed by atoms with Crippen LogP contribution in [-0.4, -0.2) is 67.3 Å². The van der Waals surface area contributed by atoms with Crippen LogP contribution in [0.1, 0.15) is 99.4 Å². The zero-order chi connectivity index (χ0) is 39.4. The molecule has 0 fully saturated rings. The van der Waals surface area contributed by atoms with Crippen LogP contribution in [0.4, 0.5) is 11.4 Å². The lowest BCUT2D eigenvalue weighted by atomic mass is 9.78. The fourth-order valence-corrected chi connectivity index (χ4v) is 7.67. The van der Waals surface area contributed by atoms with Gasteiger partial charge in [-0.25, -0.2) is 0 Å². The smallest absolute Gasteiger partial charge is 0.119 e. The molecule has 294 valence electrons. The molecule has 0 saturated carbocycles. The van der Waals surface area contributed by atoms with Gasteiger partial charge in [-0.15, -0.1) is 0 Å². The summed E-state index contributed by atoms with van der Waals surface area (Å²) in [5.41, 5.74) is 13.4. The molecular weight excluding hydrogens is 669 g/mol. The average Bonchev–Trinajstić information content (AvgIpc) is 3.19. The first-order valence-electron chi connectivity index (χ1n) is 20.1. The summed E-state index contributed by atoms with van der Waals surface area (Å²) in [6.45, 7) is 17.4. The maximum absolute atomic E-state index is 6.33. The molecule has 0 aliphatic rings. The Kier molecular flexibility index (Phi) is 15.9. The normalized spacial score (nSPS) is 12.7. The summed E-state index contributed by atoms with van der Waals surface area (Å²) in [5, 5.41) is 0. The van der Waals surface area contributed by atoms with Crippen LogP contribution >= 0.6 is 0 Å². The highest BCUT2D eigenvalue weighted by Gasteiger charge is 2.24. The van der Waals surface area contributed by atoms with E-state index < -0.39 is 0 Å². The molecule has 2 unspecified atom stereocenters. The van der Waals surface area contributed by atoms with Gasteiger partial charge in [-0.3, -0.25) is 0 Å². The number of hydrogen-bond donors (Lipinski definition) is 0. The Morgan fingerprint density at radius 3 is 1.30 bits per heavy atom. The molecule has 6 heteroatoms. The van der Waals surface area contributed by atoms with Gasteiger partial charge in [0, 0.05) is 58.7 Å². The van der Waals surface area contributed by atoms with E-state index in [2.05, 4.69) is 152 Å². The number of rotatable bonds is 21. The van der Waals surface area contributed by atoms with E-state index in [9.17, 15) is 0 Å². The first-order chi connectivity index (χ1) is 25.9. The maximum atomic E-state index is 6.33. The van der Waals surface area contributed by atoms with Crippen molar-refractivity contribution in [3.63, 3.8) is 0 Å². The Bertz CT molecular complexity index is 1690. The summed E-state index contributed by atoms with van der Waals surface area (Å²) in [6, 6.07) is 26.6. The minimum atomic E-state index is -0.176. The number of aryl methyl sites for hydroxylation is 4. The van der Waals surface area contributed by atoms with E-state index in [0.717, 1.165) is 56.6 Å². The van der Waals surface area contributed by atoms with E-state index in [4.69, 9.17) is 18.9 Å². The summed E-state index contributed by atoms with van der Waals surface area (Å²) < 4.78 is 23.7. The van der Waals surface area contributed by atoms with Crippen molar-refractivity contribution >= 4 is 11.4 Å².